The van der Waals surface area contributed by atoms with Crippen LogP contribution in [-0.4, -0.2) is 32.6 Å². The van der Waals surface area contributed by atoms with Crippen molar-refractivity contribution in [2.45, 2.75) is 38.9 Å². The van der Waals surface area contributed by atoms with Crippen molar-refractivity contribution < 1.29 is 8.42 Å². The molecule has 5 nitrogen and oxygen atoms in total. The fourth-order valence-corrected chi connectivity index (χ4v) is 4.81. The SMILES string of the molecule is CC1=CC(C)C(S(=O)(=O)NCCN=C2CCC=CN2)C(C)=C1. The maximum Gasteiger partial charge on any atom is 0.218 e. The molecule has 0 radical (unpaired) electrons. The van der Waals surface area contributed by atoms with Gasteiger partial charge in [0.2, 0.25) is 10.0 Å². The summed E-state index contributed by atoms with van der Waals surface area (Å²) in [5.41, 5.74) is 2.02. The molecule has 1 aliphatic carbocycles. The molecule has 2 N–H and O–H groups in total. The van der Waals surface area contributed by atoms with Crippen molar-refractivity contribution in [2.24, 2.45) is 10.9 Å². The van der Waals surface area contributed by atoms with Crippen LogP contribution in [0.5, 0.6) is 0 Å². The summed E-state index contributed by atoms with van der Waals surface area (Å²) in [6.45, 7) is 6.61. The lowest BCUT2D eigenvalue weighted by Gasteiger charge is -2.26. The van der Waals surface area contributed by atoms with Crippen molar-refractivity contribution in [3.63, 3.8) is 0 Å². The maximum absolute atomic E-state index is 12.5. The molecule has 0 aromatic heterocycles. The summed E-state index contributed by atoms with van der Waals surface area (Å²) in [5.74, 6) is 0.904. The number of hydrogen-bond donors (Lipinski definition) is 2. The van der Waals surface area contributed by atoms with Gasteiger partial charge < -0.3 is 5.32 Å². The molecule has 1 heterocycles. The molecule has 2 rings (SSSR count). The van der Waals surface area contributed by atoms with Gasteiger partial charge in [0.15, 0.2) is 0 Å². The monoisotopic (exact) mass is 323 g/mol. The van der Waals surface area contributed by atoms with Crippen LogP contribution >= 0.6 is 0 Å². The number of sulfonamides is 1. The van der Waals surface area contributed by atoms with Gasteiger partial charge in [-0.1, -0.05) is 36.3 Å². The number of amidine groups is 1. The van der Waals surface area contributed by atoms with Gasteiger partial charge in [0.1, 0.15) is 11.1 Å². The first-order valence-electron chi connectivity index (χ1n) is 7.70. The maximum atomic E-state index is 12.5. The van der Waals surface area contributed by atoms with Gasteiger partial charge in [-0.2, -0.15) is 0 Å². The Balaban J connectivity index is 1.91. The average Bonchev–Trinajstić information content (AvgIpc) is 2.43. The van der Waals surface area contributed by atoms with Crippen molar-refractivity contribution in [2.75, 3.05) is 13.1 Å². The van der Waals surface area contributed by atoms with E-state index in [9.17, 15) is 8.42 Å². The summed E-state index contributed by atoms with van der Waals surface area (Å²) >= 11 is 0. The van der Waals surface area contributed by atoms with Gasteiger partial charge in [-0.15, -0.1) is 0 Å². The summed E-state index contributed by atoms with van der Waals surface area (Å²) in [4.78, 5) is 4.38. The standard InChI is InChI=1S/C16H25N3O2S/c1-12-10-13(2)16(14(3)11-12)22(20,21)19-9-8-18-15-6-4-5-7-17-15/h5,7,10-11,13,16,19H,4,6,8-9H2,1-3H3,(H,17,18). The first kappa shape index (κ1) is 17.0. The number of rotatable bonds is 5. The second-order valence-electron chi connectivity index (χ2n) is 5.93. The van der Waals surface area contributed by atoms with Gasteiger partial charge in [-0.05, 0) is 32.4 Å². The third-order valence-corrected chi connectivity index (χ3v) is 5.95. The van der Waals surface area contributed by atoms with E-state index in [1.807, 2.05) is 39.1 Å². The van der Waals surface area contributed by atoms with Crippen LogP contribution in [0.1, 0.15) is 33.6 Å². The molecule has 2 aliphatic rings. The van der Waals surface area contributed by atoms with Crippen LogP contribution in [0.2, 0.25) is 0 Å². The van der Waals surface area contributed by atoms with E-state index in [0.717, 1.165) is 29.8 Å². The van der Waals surface area contributed by atoms with E-state index in [0.29, 0.717) is 13.1 Å². The summed E-state index contributed by atoms with van der Waals surface area (Å²) in [6, 6.07) is 0. The Morgan fingerprint density at radius 1 is 1.41 bits per heavy atom. The number of aliphatic imine (C=N–C) groups is 1. The summed E-state index contributed by atoms with van der Waals surface area (Å²) in [5, 5.41) is 2.59. The largest absolute Gasteiger partial charge is 0.351 e. The summed E-state index contributed by atoms with van der Waals surface area (Å²) in [7, 11) is -3.37. The van der Waals surface area contributed by atoms with Gasteiger partial charge in [0.25, 0.3) is 0 Å². The Labute approximate surface area is 133 Å². The topological polar surface area (TPSA) is 70.6 Å². The van der Waals surface area contributed by atoms with Gasteiger partial charge in [-0.25, -0.2) is 13.1 Å². The molecular weight excluding hydrogens is 298 g/mol. The highest BCUT2D eigenvalue weighted by Crippen LogP contribution is 2.27. The molecule has 0 fully saturated rings. The minimum Gasteiger partial charge on any atom is -0.351 e. The average molecular weight is 323 g/mol. The highest BCUT2D eigenvalue weighted by atomic mass is 32.2. The Hall–Kier alpha value is -1.40. The second kappa shape index (κ2) is 7.24. The van der Waals surface area contributed by atoms with Crippen LogP contribution < -0.4 is 10.0 Å². The fraction of sp³-hybridized carbons (Fsp3) is 0.562. The van der Waals surface area contributed by atoms with Crippen LogP contribution in [0, 0.1) is 5.92 Å². The van der Waals surface area contributed by atoms with E-state index in [4.69, 9.17) is 0 Å². The zero-order valence-corrected chi connectivity index (χ0v) is 14.3. The second-order valence-corrected chi connectivity index (χ2v) is 7.82. The minimum atomic E-state index is -3.37. The molecule has 22 heavy (non-hydrogen) atoms. The number of hydrogen-bond acceptors (Lipinski definition) is 3. The molecular formula is C16H25N3O2S. The van der Waals surface area contributed by atoms with E-state index in [1.54, 1.807) is 0 Å². The molecule has 6 heteroatoms. The minimum absolute atomic E-state index is 0.0148. The van der Waals surface area contributed by atoms with Crippen molar-refractivity contribution in [1.29, 1.82) is 0 Å². The molecule has 0 aromatic rings. The Bertz CT molecular complexity index is 630. The molecule has 0 spiro atoms. The first-order valence-corrected chi connectivity index (χ1v) is 9.25. The number of allylic oxidation sites excluding steroid dienone is 4. The van der Waals surface area contributed by atoms with E-state index >= 15 is 0 Å². The first-order chi connectivity index (χ1) is 10.4. The molecule has 1 aliphatic heterocycles. The molecule has 0 bridgehead atoms. The quantitative estimate of drug-likeness (QED) is 0.761. The van der Waals surface area contributed by atoms with Gasteiger partial charge in [-0.3, -0.25) is 4.99 Å². The van der Waals surface area contributed by atoms with Crippen LogP contribution in [0.15, 0.2) is 40.6 Å². The Morgan fingerprint density at radius 3 is 2.82 bits per heavy atom. The van der Waals surface area contributed by atoms with E-state index in [2.05, 4.69) is 21.1 Å². The predicted octanol–water partition coefficient (Wildman–Crippen LogP) is 2.11. The zero-order chi connectivity index (χ0) is 16.2. The van der Waals surface area contributed by atoms with E-state index in [1.165, 1.54) is 0 Å². The predicted molar refractivity (Wildman–Crippen MR) is 91.2 cm³/mol. The van der Waals surface area contributed by atoms with Crippen LogP contribution in [0.4, 0.5) is 0 Å². The van der Waals surface area contributed by atoms with Crippen LogP contribution in [-0.2, 0) is 10.0 Å². The molecule has 0 saturated heterocycles. The highest BCUT2D eigenvalue weighted by molar-refractivity contribution is 7.90. The normalized spacial score (nSPS) is 27.3. The van der Waals surface area contributed by atoms with Crippen molar-refractivity contribution >= 4 is 15.9 Å². The van der Waals surface area contributed by atoms with Crippen molar-refractivity contribution in [1.82, 2.24) is 10.0 Å². The van der Waals surface area contributed by atoms with Crippen LogP contribution in [0.25, 0.3) is 0 Å². The smallest absolute Gasteiger partial charge is 0.218 e. The van der Waals surface area contributed by atoms with Gasteiger partial charge in [0, 0.05) is 13.0 Å². The van der Waals surface area contributed by atoms with E-state index < -0.39 is 15.3 Å². The fourth-order valence-electron chi connectivity index (χ4n) is 3.06. The Morgan fingerprint density at radius 2 is 2.18 bits per heavy atom. The molecule has 0 amide bonds. The molecule has 0 saturated carbocycles. The molecule has 0 aromatic carbocycles. The molecule has 122 valence electrons. The lowest BCUT2D eigenvalue weighted by Crippen LogP contribution is -2.40. The third-order valence-electron chi connectivity index (χ3n) is 3.88. The van der Waals surface area contributed by atoms with Crippen LogP contribution in [0.3, 0.4) is 0 Å². The molecule has 2 unspecified atom stereocenters. The van der Waals surface area contributed by atoms with Crippen molar-refractivity contribution in [3.05, 3.63) is 35.6 Å². The number of nitrogens with one attached hydrogen (secondary N) is 2. The van der Waals surface area contributed by atoms with Gasteiger partial charge in [0.05, 0.1) is 6.54 Å². The van der Waals surface area contributed by atoms with E-state index in [-0.39, 0.29) is 5.92 Å². The Kier molecular flexibility index (Phi) is 5.58. The lowest BCUT2D eigenvalue weighted by molar-refractivity contribution is 0.552. The lowest BCUT2D eigenvalue weighted by atomic mass is 9.92. The highest BCUT2D eigenvalue weighted by Gasteiger charge is 2.32. The molecule has 2 atom stereocenters. The van der Waals surface area contributed by atoms with Gasteiger partial charge >= 0.3 is 0 Å². The summed E-state index contributed by atoms with van der Waals surface area (Å²) in [6.07, 6.45) is 9.75. The zero-order valence-electron chi connectivity index (χ0n) is 13.5. The number of nitrogens with zero attached hydrogens (tertiary/aromatic N) is 1. The third kappa shape index (κ3) is 4.30. The summed E-state index contributed by atoms with van der Waals surface area (Å²) < 4.78 is 27.7. The van der Waals surface area contributed by atoms with Crippen molar-refractivity contribution in [3.8, 4) is 0 Å².